The predicted octanol–water partition coefficient (Wildman–Crippen LogP) is 6.66. The van der Waals surface area contributed by atoms with Crippen LogP contribution in [0.5, 0.6) is 5.75 Å². The van der Waals surface area contributed by atoms with Crippen molar-refractivity contribution in [2.75, 3.05) is 24.4 Å². The Bertz CT molecular complexity index is 1230. The summed E-state index contributed by atoms with van der Waals surface area (Å²) in [5.41, 5.74) is 1.09. The number of ether oxygens (including phenoxy) is 2. The smallest absolute Gasteiger partial charge is 0.408 e. The minimum atomic E-state index is -0.999. The maximum absolute atomic E-state index is 14.5. The van der Waals surface area contributed by atoms with Gasteiger partial charge in [-0.3, -0.25) is 9.59 Å². The molecular weight excluding hydrogens is 562 g/mol. The monoisotopic (exact) mass is 609 g/mol. The van der Waals surface area contributed by atoms with Crippen molar-refractivity contribution in [2.24, 2.45) is 5.92 Å². The first kappa shape index (κ1) is 35.6. The van der Waals surface area contributed by atoms with Crippen molar-refractivity contribution in [1.29, 1.82) is 0 Å². The van der Waals surface area contributed by atoms with Gasteiger partial charge in [0.05, 0.1) is 7.11 Å². The Morgan fingerprint density at radius 3 is 2.12 bits per heavy atom. The molecule has 8 nitrogen and oxygen atoms in total. The van der Waals surface area contributed by atoms with Gasteiger partial charge in [0.15, 0.2) is 0 Å². The third-order valence-electron chi connectivity index (χ3n) is 6.77. The lowest BCUT2D eigenvalue weighted by molar-refractivity contribution is -0.143. The highest BCUT2D eigenvalue weighted by molar-refractivity contribution is 7.98. The van der Waals surface area contributed by atoms with E-state index in [2.05, 4.69) is 30.4 Å². The fraction of sp³-hybridized carbons (Fsp3) is 0.500. The molecule has 3 unspecified atom stereocenters. The minimum Gasteiger partial charge on any atom is -0.497 e. The number of hydrogen-bond donors (Lipinski definition) is 2. The number of carbonyl (C=O) groups is 3. The van der Waals surface area contributed by atoms with Crippen LogP contribution in [0.3, 0.4) is 0 Å². The average molecular weight is 610 g/mol. The molecule has 2 aromatic rings. The van der Waals surface area contributed by atoms with E-state index >= 15 is 0 Å². The van der Waals surface area contributed by atoms with Crippen molar-refractivity contribution in [2.45, 2.75) is 84.5 Å². The largest absolute Gasteiger partial charge is 0.497 e. The van der Waals surface area contributed by atoms with Gasteiger partial charge in [-0.2, -0.15) is 11.8 Å². The number of nitrogens with zero attached hydrogens (tertiary/aromatic N) is 1. The van der Waals surface area contributed by atoms with Crippen molar-refractivity contribution in [1.82, 2.24) is 10.2 Å². The molecule has 234 valence electrons. The third kappa shape index (κ3) is 11.5. The van der Waals surface area contributed by atoms with Crippen molar-refractivity contribution in [3.8, 4) is 18.1 Å². The Morgan fingerprint density at radius 1 is 0.977 bits per heavy atom. The molecule has 2 rings (SSSR count). The predicted molar refractivity (Wildman–Crippen MR) is 175 cm³/mol. The van der Waals surface area contributed by atoms with Gasteiger partial charge in [-0.15, -0.1) is 6.42 Å². The lowest BCUT2D eigenvalue weighted by Gasteiger charge is -2.39. The van der Waals surface area contributed by atoms with E-state index in [-0.39, 0.29) is 17.9 Å². The maximum atomic E-state index is 14.5. The van der Waals surface area contributed by atoms with E-state index in [0.717, 1.165) is 6.42 Å². The first-order valence-electron chi connectivity index (χ1n) is 14.6. The minimum absolute atomic E-state index is 0.328. The van der Waals surface area contributed by atoms with Crippen molar-refractivity contribution in [3.63, 3.8) is 0 Å². The van der Waals surface area contributed by atoms with Crippen LogP contribution in [0.1, 0.15) is 78.0 Å². The Morgan fingerprint density at radius 2 is 1.60 bits per heavy atom. The number of carbonyl (C=O) groups excluding carboxylic acids is 3. The van der Waals surface area contributed by atoms with Crippen LogP contribution in [0.2, 0.25) is 0 Å². The van der Waals surface area contributed by atoms with Gasteiger partial charge >= 0.3 is 6.09 Å². The Kier molecular flexibility index (Phi) is 13.9. The summed E-state index contributed by atoms with van der Waals surface area (Å²) in [5.74, 6) is 3.54. The number of benzene rings is 2. The molecule has 0 radical (unpaired) electrons. The summed E-state index contributed by atoms with van der Waals surface area (Å²) in [6.07, 6.45) is 8.75. The molecule has 43 heavy (non-hydrogen) atoms. The van der Waals surface area contributed by atoms with Gasteiger partial charge in [0, 0.05) is 17.3 Å². The number of amides is 3. The molecule has 0 heterocycles. The third-order valence-corrected chi connectivity index (χ3v) is 7.41. The number of rotatable bonds is 14. The van der Waals surface area contributed by atoms with Gasteiger partial charge in [-0.1, -0.05) is 31.9 Å². The van der Waals surface area contributed by atoms with Gasteiger partial charge in [0.2, 0.25) is 5.91 Å². The van der Waals surface area contributed by atoms with E-state index < -0.39 is 23.8 Å². The molecular formula is C34H47N3O5S. The molecule has 2 aromatic carbocycles. The molecule has 3 atom stereocenters. The Labute approximate surface area is 261 Å². The zero-order valence-electron chi connectivity index (χ0n) is 26.7. The second-order valence-electron chi connectivity index (χ2n) is 11.9. The topological polar surface area (TPSA) is 97.0 Å². The van der Waals surface area contributed by atoms with E-state index in [1.54, 1.807) is 93.1 Å². The number of anilines is 1. The molecule has 0 bridgehead atoms. The summed E-state index contributed by atoms with van der Waals surface area (Å²) in [6.45, 7) is 11.5. The molecule has 3 amide bonds. The zero-order chi connectivity index (χ0) is 32.2. The molecule has 9 heteroatoms. The van der Waals surface area contributed by atoms with Crippen LogP contribution < -0.4 is 15.4 Å². The van der Waals surface area contributed by atoms with Crippen LogP contribution in [0.15, 0.2) is 48.5 Å². The second-order valence-corrected chi connectivity index (χ2v) is 12.9. The molecule has 0 spiro atoms. The Balaban J connectivity index is 2.62. The highest BCUT2D eigenvalue weighted by Gasteiger charge is 2.39. The zero-order valence-corrected chi connectivity index (χ0v) is 27.5. The van der Waals surface area contributed by atoms with E-state index in [0.29, 0.717) is 47.1 Å². The number of terminal acetylenes is 1. The highest BCUT2D eigenvalue weighted by atomic mass is 32.2. The molecule has 0 aromatic heterocycles. The molecule has 0 saturated heterocycles. The fourth-order valence-corrected chi connectivity index (χ4v) is 4.99. The second kappa shape index (κ2) is 16.9. The van der Waals surface area contributed by atoms with E-state index in [9.17, 15) is 14.4 Å². The maximum Gasteiger partial charge on any atom is 0.408 e. The Hall–Kier alpha value is -3.64. The van der Waals surface area contributed by atoms with Crippen LogP contribution in [-0.2, 0) is 14.3 Å². The van der Waals surface area contributed by atoms with Crippen molar-refractivity contribution in [3.05, 3.63) is 59.7 Å². The summed E-state index contributed by atoms with van der Waals surface area (Å²) in [5, 5.41) is 5.78. The lowest BCUT2D eigenvalue weighted by atomic mass is 9.96. The molecule has 0 aliphatic carbocycles. The molecule has 2 N–H and O–H groups in total. The highest BCUT2D eigenvalue weighted by Crippen LogP contribution is 2.30. The molecule has 0 saturated carbocycles. The van der Waals surface area contributed by atoms with Crippen molar-refractivity contribution < 1.29 is 23.9 Å². The number of nitrogens with one attached hydrogen (secondary N) is 2. The van der Waals surface area contributed by atoms with E-state index in [4.69, 9.17) is 15.9 Å². The van der Waals surface area contributed by atoms with Gasteiger partial charge in [0.1, 0.15) is 23.4 Å². The number of thioether (sulfide) groups is 1. The van der Waals surface area contributed by atoms with Crippen LogP contribution in [-0.4, -0.2) is 59.6 Å². The number of methoxy groups -OCH3 is 1. The molecule has 0 aliphatic rings. The fourth-order valence-electron chi connectivity index (χ4n) is 4.52. The summed E-state index contributed by atoms with van der Waals surface area (Å²) >= 11 is 1.57. The standard InChI is InChI=1S/C34H47N3O5S/c1-10-25-13-15-26(16-14-25)30(31(38)35-27-17-19-28(41-8)20-18-27)37(24(4)12-11-23(2)3)32(39)29(21-22-43-9)36-33(40)42-34(5,6)7/h1,13-20,23-24,29-30H,11-12,21-22H2,2-9H3,(H,35,38)(H,36,40). The van der Waals surface area contributed by atoms with Crippen LogP contribution in [0.25, 0.3) is 0 Å². The SMILES string of the molecule is C#Cc1ccc(C(C(=O)Nc2ccc(OC)cc2)N(C(=O)C(CCSC)NC(=O)OC(C)(C)C)C(C)CCC(C)C)cc1. The van der Waals surface area contributed by atoms with Gasteiger partial charge in [-0.25, -0.2) is 4.79 Å². The number of alkyl carbamates (subject to hydrolysis) is 1. The van der Waals surface area contributed by atoms with Gasteiger partial charge < -0.3 is 25.0 Å². The molecule has 0 fully saturated rings. The average Bonchev–Trinajstić information content (AvgIpc) is 2.95. The van der Waals surface area contributed by atoms with Gasteiger partial charge in [0.25, 0.3) is 5.91 Å². The first-order chi connectivity index (χ1) is 20.3. The molecule has 0 aliphatic heterocycles. The normalized spacial score (nSPS) is 13.3. The van der Waals surface area contributed by atoms with Crippen LogP contribution in [0, 0.1) is 18.3 Å². The summed E-state index contributed by atoms with van der Waals surface area (Å²) < 4.78 is 10.7. The number of hydrogen-bond acceptors (Lipinski definition) is 6. The van der Waals surface area contributed by atoms with E-state index in [1.807, 2.05) is 13.2 Å². The first-order valence-corrected chi connectivity index (χ1v) is 16.0. The van der Waals surface area contributed by atoms with Crippen LogP contribution in [0.4, 0.5) is 10.5 Å². The summed E-state index contributed by atoms with van der Waals surface area (Å²) in [6, 6.07) is 11.8. The van der Waals surface area contributed by atoms with E-state index in [1.165, 1.54) is 0 Å². The quantitative estimate of drug-likeness (QED) is 0.233. The van der Waals surface area contributed by atoms with Crippen LogP contribution >= 0.6 is 11.8 Å². The van der Waals surface area contributed by atoms with Crippen molar-refractivity contribution >= 4 is 35.4 Å². The van der Waals surface area contributed by atoms with Gasteiger partial charge in [-0.05, 0) is 107 Å². The summed E-state index contributed by atoms with van der Waals surface area (Å²) in [4.78, 5) is 43.2. The lowest BCUT2D eigenvalue weighted by Crippen LogP contribution is -2.55. The summed E-state index contributed by atoms with van der Waals surface area (Å²) in [7, 11) is 1.57.